The first kappa shape index (κ1) is 17.2. The maximum Gasteiger partial charge on any atom is 0.150 e. The maximum absolute atomic E-state index is 11.5. The molecule has 116 valence electrons. The number of aromatic nitrogens is 2. The van der Waals surface area contributed by atoms with Gasteiger partial charge in [0, 0.05) is 23.6 Å². The number of nitrogens with zero attached hydrogens (tertiary/aromatic N) is 2. The Morgan fingerprint density at radius 2 is 1.90 bits per heavy atom. The van der Waals surface area contributed by atoms with Crippen molar-refractivity contribution in [3.05, 3.63) is 17.0 Å². The zero-order valence-corrected chi connectivity index (χ0v) is 13.7. The van der Waals surface area contributed by atoms with Crippen LogP contribution in [0, 0.1) is 0 Å². The highest BCUT2D eigenvalue weighted by Crippen LogP contribution is 2.23. The summed E-state index contributed by atoms with van der Waals surface area (Å²) in [5, 5.41) is 14.4. The lowest BCUT2D eigenvalue weighted by Gasteiger charge is -2.09. The lowest BCUT2D eigenvalue weighted by atomic mass is 10.0. The van der Waals surface area contributed by atoms with Gasteiger partial charge in [-0.05, 0) is 26.2 Å². The molecule has 20 heavy (non-hydrogen) atoms. The third-order valence-electron chi connectivity index (χ3n) is 3.53. The van der Waals surface area contributed by atoms with Gasteiger partial charge >= 0.3 is 0 Å². The van der Waals surface area contributed by atoms with Crippen molar-refractivity contribution in [2.24, 2.45) is 0 Å². The van der Waals surface area contributed by atoms with Crippen LogP contribution in [0.4, 0.5) is 0 Å². The van der Waals surface area contributed by atoms with Gasteiger partial charge in [0.15, 0.2) is 0 Å². The molecule has 0 aliphatic carbocycles. The summed E-state index contributed by atoms with van der Waals surface area (Å²) in [5.74, 6) is 0.379. The molecule has 6 heteroatoms. The summed E-state index contributed by atoms with van der Waals surface area (Å²) in [6.07, 6.45) is 1.59. The molecule has 1 aromatic heterocycles. The monoisotopic (exact) mass is 302 g/mol. The molecule has 0 spiro atoms. The Hall–Kier alpha value is -0.880. The summed E-state index contributed by atoms with van der Waals surface area (Å²) in [4.78, 5) is 0. The smallest absolute Gasteiger partial charge is 0.150 e. The summed E-state index contributed by atoms with van der Waals surface area (Å²) < 4.78 is 24.9. The van der Waals surface area contributed by atoms with Crippen LogP contribution in [0.1, 0.15) is 57.2 Å². The molecular formula is C14H26N2O3S. The van der Waals surface area contributed by atoms with Gasteiger partial charge in [0.05, 0.1) is 17.6 Å². The van der Waals surface area contributed by atoms with Crippen LogP contribution in [-0.4, -0.2) is 34.8 Å². The third kappa shape index (κ3) is 4.06. The number of aliphatic hydroxyl groups is 1. The van der Waals surface area contributed by atoms with E-state index in [1.807, 2.05) is 18.5 Å². The molecule has 1 heterocycles. The van der Waals surface area contributed by atoms with Crippen molar-refractivity contribution in [1.29, 1.82) is 0 Å². The molecule has 1 aromatic rings. The van der Waals surface area contributed by atoms with Gasteiger partial charge in [-0.3, -0.25) is 4.68 Å². The van der Waals surface area contributed by atoms with E-state index in [-0.39, 0.29) is 11.5 Å². The van der Waals surface area contributed by atoms with E-state index in [1.165, 1.54) is 0 Å². The standard InChI is InChI=1S/C14H26N2O3S/c1-5-12-14(11(4)17)13(6-2)16(15-12)9-8-10-20(18,19)7-3/h11,17H,5-10H2,1-4H3. The number of aliphatic hydroxyl groups excluding tert-OH is 1. The second-order valence-corrected chi connectivity index (χ2v) is 7.48. The Kier molecular flexibility index (Phi) is 6.20. The van der Waals surface area contributed by atoms with Gasteiger partial charge in [0.1, 0.15) is 9.84 Å². The second kappa shape index (κ2) is 7.22. The number of sulfone groups is 1. The molecule has 1 unspecified atom stereocenters. The molecule has 0 saturated carbocycles. The molecule has 1 atom stereocenters. The predicted octanol–water partition coefficient (Wildman–Crippen LogP) is 1.89. The zero-order valence-electron chi connectivity index (χ0n) is 12.9. The first-order valence-electron chi connectivity index (χ1n) is 7.33. The van der Waals surface area contributed by atoms with Crippen LogP contribution in [-0.2, 0) is 29.2 Å². The van der Waals surface area contributed by atoms with Crippen LogP contribution in [0.25, 0.3) is 0 Å². The van der Waals surface area contributed by atoms with Crippen LogP contribution < -0.4 is 0 Å². The molecule has 0 aromatic carbocycles. The number of hydrogen-bond donors (Lipinski definition) is 1. The topological polar surface area (TPSA) is 72.2 Å². The van der Waals surface area contributed by atoms with Crippen molar-refractivity contribution in [1.82, 2.24) is 9.78 Å². The molecule has 1 rings (SSSR count). The first-order chi connectivity index (χ1) is 9.36. The Balaban J connectivity index is 2.90. The van der Waals surface area contributed by atoms with Crippen LogP contribution in [0.3, 0.4) is 0 Å². The van der Waals surface area contributed by atoms with Crippen LogP contribution in [0.2, 0.25) is 0 Å². The minimum absolute atomic E-state index is 0.186. The van der Waals surface area contributed by atoms with Gasteiger partial charge in [-0.2, -0.15) is 5.10 Å². The fourth-order valence-corrected chi connectivity index (χ4v) is 3.30. The second-order valence-electron chi connectivity index (χ2n) is 5.00. The normalized spacial score (nSPS) is 13.7. The number of hydrogen-bond acceptors (Lipinski definition) is 4. The molecule has 0 saturated heterocycles. The molecule has 0 bridgehead atoms. The lowest BCUT2D eigenvalue weighted by molar-refractivity contribution is 0.197. The molecule has 0 amide bonds. The molecule has 0 aliphatic heterocycles. The zero-order chi connectivity index (χ0) is 15.3. The van der Waals surface area contributed by atoms with Gasteiger partial charge in [0.25, 0.3) is 0 Å². The molecule has 0 fully saturated rings. The average molecular weight is 302 g/mol. The van der Waals surface area contributed by atoms with E-state index >= 15 is 0 Å². The maximum atomic E-state index is 11.5. The van der Waals surface area contributed by atoms with Crippen LogP contribution >= 0.6 is 0 Å². The third-order valence-corrected chi connectivity index (χ3v) is 5.32. The summed E-state index contributed by atoms with van der Waals surface area (Å²) in [6.45, 7) is 8.05. The minimum atomic E-state index is -2.92. The first-order valence-corrected chi connectivity index (χ1v) is 9.15. The van der Waals surface area contributed by atoms with E-state index in [0.717, 1.165) is 29.8 Å². The van der Waals surface area contributed by atoms with Gasteiger partial charge in [-0.25, -0.2) is 8.42 Å². The van der Waals surface area contributed by atoms with E-state index < -0.39 is 15.9 Å². The van der Waals surface area contributed by atoms with Gasteiger partial charge in [-0.15, -0.1) is 0 Å². The van der Waals surface area contributed by atoms with Crippen molar-refractivity contribution < 1.29 is 13.5 Å². The predicted molar refractivity (Wildman–Crippen MR) is 80.6 cm³/mol. The minimum Gasteiger partial charge on any atom is -0.389 e. The Labute approximate surface area is 121 Å². The van der Waals surface area contributed by atoms with Crippen molar-refractivity contribution >= 4 is 9.84 Å². The number of aryl methyl sites for hydroxylation is 2. The van der Waals surface area contributed by atoms with Crippen molar-refractivity contribution in [3.8, 4) is 0 Å². The summed E-state index contributed by atoms with van der Waals surface area (Å²) in [7, 11) is -2.92. The Morgan fingerprint density at radius 3 is 2.35 bits per heavy atom. The van der Waals surface area contributed by atoms with Gasteiger partial charge in [-0.1, -0.05) is 20.8 Å². The van der Waals surface area contributed by atoms with Crippen molar-refractivity contribution in [2.75, 3.05) is 11.5 Å². The molecule has 5 nitrogen and oxygen atoms in total. The number of rotatable bonds is 8. The fourth-order valence-electron chi connectivity index (χ4n) is 2.45. The van der Waals surface area contributed by atoms with E-state index in [9.17, 15) is 13.5 Å². The highest BCUT2D eigenvalue weighted by molar-refractivity contribution is 7.91. The molecule has 1 N–H and O–H groups in total. The summed E-state index contributed by atoms with van der Waals surface area (Å²) in [6, 6.07) is 0. The average Bonchev–Trinajstić information content (AvgIpc) is 2.76. The molecule has 0 aliphatic rings. The van der Waals surface area contributed by atoms with Gasteiger partial charge < -0.3 is 5.11 Å². The van der Waals surface area contributed by atoms with Gasteiger partial charge in [0.2, 0.25) is 0 Å². The highest BCUT2D eigenvalue weighted by atomic mass is 32.2. The Morgan fingerprint density at radius 1 is 1.25 bits per heavy atom. The lowest BCUT2D eigenvalue weighted by Crippen LogP contribution is -2.13. The van der Waals surface area contributed by atoms with Crippen LogP contribution in [0.5, 0.6) is 0 Å². The summed E-state index contributed by atoms with van der Waals surface area (Å²) in [5.41, 5.74) is 2.84. The SMILES string of the molecule is CCc1nn(CCCS(=O)(=O)CC)c(CC)c1C(C)O. The van der Waals surface area contributed by atoms with Crippen molar-refractivity contribution in [2.45, 2.75) is 59.6 Å². The van der Waals surface area contributed by atoms with E-state index in [0.29, 0.717) is 13.0 Å². The fraction of sp³-hybridized carbons (Fsp3) is 0.786. The van der Waals surface area contributed by atoms with Crippen LogP contribution in [0.15, 0.2) is 0 Å². The van der Waals surface area contributed by atoms with E-state index in [4.69, 9.17) is 0 Å². The van der Waals surface area contributed by atoms with Crippen molar-refractivity contribution in [3.63, 3.8) is 0 Å². The molecular weight excluding hydrogens is 276 g/mol. The largest absolute Gasteiger partial charge is 0.389 e. The summed E-state index contributed by atoms with van der Waals surface area (Å²) >= 11 is 0. The Bertz CT molecular complexity index is 533. The highest BCUT2D eigenvalue weighted by Gasteiger charge is 2.19. The quantitative estimate of drug-likeness (QED) is 0.796. The molecule has 0 radical (unpaired) electrons. The van der Waals surface area contributed by atoms with E-state index in [2.05, 4.69) is 5.10 Å². The van der Waals surface area contributed by atoms with E-state index in [1.54, 1.807) is 13.8 Å².